The fourth-order valence-electron chi connectivity index (χ4n) is 2.52. The Labute approximate surface area is 120 Å². The normalized spacial score (nSPS) is 21.4. The van der Waals surface area contributed by atoms with E-state index in [1.165, 1.54) is 5.56 Å². The number of hydrogen-bond acceptors (Lipinski definition) is 3. The van der Waals surface area contributed by atoms with Crippen molar-refractivity contribution in [3.05, 3.63) is 35.9 Å². The molecule has 1 amide bonds. The summed E-state index contributed by atoms with van der Waals surface area (Å²) in [6.07, 6.45) is 3.71. The van der Waals surface area contributed by atoms with Gasteiger partial charge in [0.25, 0.3) is 0 Å². The quantitative estimate of drug-likeness (QED) is 0.830. The number of ether oxygens (including phenoxy) is 1. The van der Waals surface area contributed by atoms with Gasteiger partial charge in [0.2, 0.25) is 5.91 Å². The van der Waals surface area contributed by atoms with Crippen LogP contribution in [0.25, 0.3) is 0 Å². The van der Waals surface area contributed by atoms with Gasteiger partial charge in [0, 0.05) is 6.61 Å². The number of aryl methyl sites for hydroxylation is 1. The zero-order chi connectivity index (χ0) is 14.4. The molecule has 1 aliphatic heterocycles. The van der Waals surface area contributed by atoms with E-state index in [-0.39, 0.29) is 18.1 Å². The van der Waals surface area contributed by atoms with Crippen LogP contribution < -0.4 is 11.1 Å². The van der Waals surface area contributed by atoms with E-state index in [4.69, 9.17) is 10.5 Å². The molecule has 2 rings (SSSR count). The summed E-state index contributed by atoms with van der Waals surface area (Å²) in [5, 5.41) is 2.97. The molecule has 1 fully saturated rings. The van der Waals surface area contributed by atoms with Crippen LogP contribution in [0.15, 0.2) is 30.3 Å². The summed E-state index contributed by atoms with van der Waals surface area (Å²) in [5.41, 5.74) is 7.17. The topological polar surface area (TPSA) is 64.4 Å². The largest absolute Gasteiger partial charge is 0.376 e. The van der Waals surface area contributed by atoms with Gasteiger partial charge in [-0.1, -0.05) is 30.3 Å². The molecule has 1 heterocycles. The molecule has 3 atom stereocenters. The maximum absolute atomic E-state index is 12.0. The van der Waals surface area contributed by atoms with Crippen molar-refractivity contribution in [2.45, 2.75) is 50.8 Å². The summed E-state index contributed by atoms with van der Waals surface area (Å²) in [6.45, 7) is 2.78. The lowest BCUT2D eigenvalue weighted by atomic mass is 10.0. The third-order valence-corrected chi connectivity index (χ3v) is 3.82. The highest BCUT2D eigenvalue weighted by atomic mass is 16.5. The van der Waals surface area contributed by atoms with Gasteiger partial charge in [0.15, 0.2) is 0 Å². The lowest BCUT2D eigenvalue weighted by Crippen LogP contribution is -2.48. The first-order chi connectivity index (χ1) is 9.66. The molecule has 3 N–H and O–H groups in total. The third kappa shape index (κ3) is 4.32. The van der Waals surface area contributed by atoms with Crippen LogP contribution >= 0.6 is 0 Å². The van der Waals surface area contributed by atoms with E-state index in [9.17, 15) is 4.79 Å². The predicted molar refractivity (Wildman–Crippen MR) is 79.3 cm³/mol. The molecule has 0 radical (unpaired) electrons. The Morgan fingerprint density at radius 3 is 2.85 bits per heavy atom. The average molecular weight is 276 g/mol. The molecule has 110 valence electrons. The smallest absolute Gasteiger partial charge is 0.237 e. The van der Waals surface area contributed by atoms with Crippen molar-refractivity contribution in [2.75, 3.05) is 6.61 Å². The van der Waals surface area contributed by atoms with Crippen molar-refractivity contribution in [1.82, 2.24) is 5.32 Å². The molecular weight excluding hydrogens is 252 g/mol. The first kappa shape index (κ1) is 15.0. The van der Waals surface area contributed by atoms with Gasteiger partial charge in [0.1, 0.15) is 0 Å². The maximum Gasteiger partial charge on any atom is 0.237 e. The monoisotopic (exact) mass is 276 g/mol. The fraction of sp³-hybridized carbons (Fsp3) is 0.562. The van der Waals surface area contributed by atoms with Gasteiger partial charge in [-0.3, -0.25) is 4.79 Å². The van der Waals surface area contributed by atoms with Crippen LogP contribution in [-0.2, 0) is 16.0 Å². The highest BCUT2D eigenvalue weighted by Gasteiger charge is 2.25. The number of benzene rings is 1. The Hall–Kier alpha value is -1.39. The summed E-state index contributed by atoms with van der Waals surface area (Å²) in [5.74, 6) is -0.0797. The summed E-state index contributed by atoms with van der Waals surface area (Å²) < 4.78 is 5.57. The zero-order valence-corrected chi connectivity index (χ0v) is 12.0. The Morgan fingerprint density at radius 1 is 1.45 bits per heavy atom. The van der Waals surface area contributed by atoms with E-state index in [0.29, 0.717) is 6.42 Å². The minimum Gasteiger partial charge on any atom is -0.376 e. The summed E-state index contributed by atoms with van der Waals surface area (Å²) in [6, 6.07) is 9.67. The van der Waals surface area contributed by atoms with E-state index in [0.717, 1.165) is 25.9 Å². The summed E-state index contributed by atoms with van der Waals surface area (Å²) in [4.78, 5) is 12.0. The molecule has 1 aromatic carbocycles. The standard InChI is InChI=1S/C16H24N2O2/c1-12(15-8-5-11-20-15)18-16(19)14(17)10-9-13-6-3-2-4-7-13/h2-4,6-7,12,14-15H,5,8-11,17H2,1H3,(H,18,19)/t12?,14-,15?/m0/s1. The molecule has 4 nitrogen and oxygen atoms in total. The maximum atomic E-state index is 12.0. The number of rotatable bonds is 6. The van der Waals surface area contributed by atoms with Crippen LogP contribution in [0.4, 0.5) is 0 Å². The lowest BCUT2D eigenvalue weighted by molar-refractivity contribution is -0.124. The fourth-order valence-corrected chi connectivity index (χ4v) is 2.52. The Balaban J connectivity index is 1.74. The van der Waals surface area contributed by atoms with Gasteiger partial charge in [-0.05, 0) is 38.2 Å². The molecule has 20 heavy (non-hydrogen) atoms. The molecule has 1 saturated heterocycles. The highest BCUT2D eigenvalue weighted by Crippen LogP contribution is 2.15. The van der Waals surface area contributed by atoms with Crippen molar-refractivity contribution >= 4 is 5.91 Å². The van der Waals surface area contributed by atoms with Gasteiger partial charge < -0.3 is 15.8 Å². The van der Waals surface area contributed by atoms with Crippen LogP contribution in [0.1, 0.15) is 31.7 Å². The number of carbonyl (C=O) groups is 1. The number of carbonyl (C=O) groups excluding carboxylic acids is 1. The Kier molecular flexibility index (Phi) is 5.56. The molecule has 0 bridgehead atoms. The summed E-state index contributed by atoms with van der Waals surface area (Å²) >= 11 is 0. The number of nitrogens with two attached hydrogens (primary N) is 1. The molecular formula is C16H24N2O2. The van der Waals surface area contributed by atoms with Gasteiger partial charge >= 0.3 is 0 Å². The van der Waals surface area contributed by atoms with Gasteiger partial charge in [-0.25, -0.2) is 0 Å². The number of hydrogen-bond donors (Lipinski definition) is 2. The molecule has 0 aliphatic carbocycles. The zero-order valence-electron chi connectivity index (χ0n) is 12.0. The molecule has 1 aliphatic rings. The number of amides is 1. The number of nitrogens with one attached hydrogen (secondary N) is 1. The summed E-state index contributed by atoms with van der Waals surface area (Å²) in [7, 11) is 0. The molecule has 0 spiro atoms. The SMILES string of the molecule is CC(NC(=O)[C@@H](N)CCc1ccccc1)C1CCCO1. The van der Waals surface area contributed by atoms with Crippen molar-refractivity contribution in [1.29, 1.82) is 0 Å². The van der Waals surface area contributed by atoms with E-state index in [2.05, 4.69) is 17.4 Å². The van der Waals surface area contributed by atoms with E-state index >= 15 is 0 Å². The van der Waals surface area contributed by atoms with Crippen molar-refractivity contribution in [2.24, 2.45) is 5.73 Å². The van der Waals surface area contributed by atoms with Crippen LogP contribution in [0.5, 0.6) is 0 Å². The lowest BCUT2D eigenvalue weighted by Gasteiger charge is -2.22. The van der Waals surface area contributed by atoms with Crippen LogP contribution in [0.2, 0.25) is 0 Å². The Bertz CT molecular complexity index is 416. The molecule has 0 aromatic heterocycles. The first-order valence-electron chi connectivity index (χ1n) is 7.38. The van der Waals surface area contributed by atoms with E-state index in [1.54, 1.807) is 0 Å². The van der Waals surface area contributed by atoms with Crippen LogP contribution in [0, 0.1) is 0 Å². The molecule has 2 unspecified atom stereocenters. The van der Waals surface area contributed by atoms with Crippen molar-refractivity contribution in [3.63, 3.8) is 0 Å². The van der Waals surface area contributed by atoms with E-state index < -0.39 is 6.04 Å². The second-order valence-electron chi connectivity index (χ2n) is 5.48. The average Bonchev–Trinajstić information content (AvgIpc) is 3.00. The third-order valence-electron chi connectivity index (χ3n) is 3.82. The minimum atomic E-state index is -0.459. The van der Waals surface area contributed by atoms with Crippen LogP contribution in [-0.4, -0.2) is 30.7 Å². The molecule has 4 heteroatoms. The minimum absolute atomic E-state index is 0.0350. The molecule has 0 saturated carbocycles. The predicted octanol–water partition coefficient (Wildman–Crippen LogP) is 1.63. The van der Waals surface area contributed by atoms with Gasteiger partial charge in [-0.15, -0.1) is 0 Å². The second kappa shape index (κ2) is 7.41. The van der Waals surface area contributed by atoms with E-state index in [1.807, 2.05) is 25.1 Å². The highest BCUT2D eigenvalue weighted by molar-refractivity contribution is 5.81. The van der Waals surface area contributed by atoms with Crippen molar-refractivity contribution < 1.29 is 9.53 Å². The second-order valence-corrected chi connectivity index (χ2v) is 5.48. The van der Waals surface area contributed by atoms with Gasteiger partial charge in [0.05, 0.1) is 18.2 Å². The Morgan fingerprint density at radius 2 is 2.20 bits per heavy atom. The first-order valence-corrected chi connectivity index (χ1v) is 7.38. The van der Waals surface area contributed by atoms with Crippen molar-refractivity contribution in [3.8, 4) is 0 Å². The molecule has 1 aromatic rings. The van der Waals surface area contributed by atoms with Crippen LogP contribution in [0.3, 0.4) is 0 Å². The van der Waals surface area contributed by atoms with Gasteiger partial charge in [-0.2, -0.15) is 0 Å².